The van der Waals surface area contributed by atoms with E-state index in [9.17, 15) is 0 Å². The molecule has 1 fully saturated rings. The Balaban J connectivity index is 2.54. The lowest BCUT2D eigenvalue weighted by Crippen LogP contribution is -2.43. The summed E-state index contributed by atoms with van der Waals surface area (Å²) >= 11 is 0. The average Bonchev–Trinajstić information content (AvgIpc) is 2.97. The maximum atomic E-state index is 5.46. The van der Waals surface area contributed by atoms with Gasteiger partial charge in [0.2, 0.25) is 0 Å². The molecule has 5 heteroatoms. The third-order valence-corrected chi connectivity index (χ3v) is 4.19. The van der Waals surface area contributed by atoms with Crippen LogP contribution in [0.1, 0.15) is 34.1 Å². The monoisotopic (exact) mass is 298 g/mol. The van der Waals surface area contributed by atoms with Crippen LogP contribution in [0.15, 0.2) is 4.99 Å². The smallest absolute Gasteiger partial charge is 0.193 e. The number of hydrogen-bond acceptors (Lipinski definition) is 3. The van der Waals surface area contributed by atoms with E-state index >= 15 is 0 Å². The quantitative estimate of drug-likeness (QED) is 0.546. The highest BCUT2D eigenvalue weighted by Gasteiger charge is 2.19. The molecule has 0 spiro atoms. The molecule has 0 aromatic rings. The van der Waals surface area contributed by atoms with E-state index in [0.29, 0.717) is 12.0 Å². The van der Waals surface area contributed by atoms with Crippen LogP contribution in [0, 0.1) is 5.92 Å². The first-order valence-corrected chi connectivity index (χ1v) is 8.43. The van der Waals surface area contributed by atoms with Gasteiger partial charge in [-0.2, -0.15) is 0 Å². The van der Waals surface area contributed by atoms with Gasteiger partial charge in [0, 0.05) is 38.7 Å². The summed E-state index contributed by atoms with van der Waals surface area (Å²) in [6.07, 6.45) is 1.17. The van der Waals surface area contributed by atoms with Gasteiger partial charge >= 0.3 is 0 Å². The minimum absolute atomic E-state index is 0.483. The number of nitrogens with zero attached hydrogens (tertiary/aromatic N) is 3. The Morgan fingerprint density at radius 2 is 2.05 bits per heavy atom. The summed E-state index contributed by atoms with van der Waals surface area (Å²) in [6, 6.07) is 0.483. The molecule has 1 N–H and O–H groups in total. The fourth-order valence-corrected chi connectivity index (χ4v) is 2.85. The highest BCUT2D eigenvalue weighted by molar-refractivity contribution is 5.79. The van der Waals surface area contributed by atoms with Crippen molar-refractivity contribution in [3.05, 3.63) is 0 Å². The van der Waals surface area contributed by atoms with Gasteiger partial charge in [-0.15, -0.1) is 0 Å². The second-order valence-electron chi connectivity index (χ2n) is 5.87. The van der Waals surface area contributed by atoms with Gasteiger partial charge < -0.3 is 15.0 Å². The van der Waals surface area contributed by atoms with Gasteiger partial charge in [0.1, 0.15) is 0 Å². The first kappa shape index (κ1) is 18.2. The second-order valence-corrected chi connectivity index (χ2v) is 5.87. The number of rotatable bonds is 8. The highest BCUT2D eigenvalue weighted by Crippen LogP contribution is 2.13. The van der Waals surface area contributed by atoms with Gasteiger partial charge in [-0.25, -0.2) is 0 Å². The van der Waals surface area contributed by atoms with E-state index in [-0.39, 0.29) is 0 Å². The van der Waals surface area contributed by atoms with Crippen molar-refractivity contribution in [3.8, 4) is 0 Å². The summed E-state index contributed by atoms with van der Waals surface area (Å²) < 4.78 is 5.46. The van der Waals surface area contributed by atoms with Gasteiger partial charge in [0.15, 0.2) is 5.96 Å². The molecule has 1 rings (SSSR count). The SMILES string of the molecule is CCNC(=NCC(C)N(CC)CC)N(C)CC1CCOC1. The molecule has 0 saturated carbocycles. The van der Waals surface area contributed by atoms with Crippen LogP contribution in [0.5, 0.6) is 0 Å². The van der Waals surface area contributed by atoms with Crippen LogP contribution in [0.25, 0.3) is 0 Å². The number of ether oxygens (including phenoxy) is 1. The summed E-state index contributed by atoms with van der Waals surface area (Å²) in [5.41, 5.74) is 0. The Labute approximate surface area is 130 Å². The van der Waals surface area contributed by atoms with Crippen LogP contribution in [0.3, 0.4) is 0 Å². The molecule has 2 atom stereocenters. The molecule has 1 heterocycles. The molecule has 1 aliphatic rings. The predicted octanol–water partition coefficient (Wildman–Crippen LogP) is 1.65. The maximum absolute atomic E-state index is 5.46. The molecule has 0 aliphatic carbocycles. The lowest BCUT2D eigenvalue weighted by atomic mass is 10.1. The normalized spacial score (nSPS) is 20.9. The van der Waals surface area contributed by atoms with E-state index in [0.717, 1.165) is 51.9 Å². The Kier molecular flexibility index (Phi) is 8.69. The zero-order valence-electron chi connectivity index (χ0n) is 14.6. The van der Waals surface area contributed by atoms with E-state index in [1.54, 1.807) is 0 Å². The van der Waals surface area contributed by atoms with Gasteiger partial charge in [-0.05, 0) is 33.4 Å². The third kappa shape index (κ3) is 6.22. The van der Waals surface area contributed by atoms with Crippen LogP contribution in [-0.2, 0) is 4.74 Å². The van der Waals surface area contributed by atoms with Gasteiger partial charge in [0.25, 0.3) is 0 Å². The highest BCUT2D eigenvalue weighted by atomic mass is 16.5. The zero-order valence-corrected chi connectivity index (χ0v) is 14.6. The van der Waals surface area contributed by atoms with E-state index in [1.807, 2.05) is 0 Å². The predicted molar refractivity (Wildman–Crippen MR) is 89.9 cm³/mol. The first-order valence-electron chi connectivity index (χ1n) is 8.43. The molecule has 0 amide bonds. The van der Waals surface area contributed by atoms with Crippen molar-refractivity contribution in [2.24, 2.45) is 10.9 Å². The molecule has 0 aromatic heterocycles. The van der Waals surface area contributed by atoms with E-state index < -0.39 is 0 Å². The van der Waals surface area contributed by atoms with Gasteiger partial charge in [-0.1, -0.05) is 13.8 Å². The lowest BCUT2D eigenvalue weighted by Gasteiger charge is -2.27. The fourth-order valence-electron chi connectivity index (χ4n) is 2.85. The number of nitrogens with one attached hydrogen (secondary N) is 1. The van der Waals surface area contributed by atoms with Crippen LogP contribution in [0.2, 0.25) is 0 Å². The van der Waals surface area contributed by atoms with E-state index in [2.05, 4.69) is 49.9 Å². The molecule has 1 saturated heterocycles. The lowest BCUT2D eigenvalue weighted by molar-refractivity contribution is 0.181. The van der Waals surface area contributed by atoms with Crippen LogP contribution < -0.4 is 5.32 Å². The summed E-state index contributed by atoms with van der Waals surface area (Å²) in [5.74, 6) is 1.66. The molecule has 0 bridgehead atoms. The number of hydrogen-bond donors (Lipinski definition) is 1. The van der Waals surface area contributed by atoms with Crippen molar-refractivity contribution >= 4 is 5.96 Å². The topological polar surface area (TPSA) is 40.1 Å². The summed E-state index contributed by atoms with van der Waals surface area (Å²) in [7, 11) is 2.13. The Morgan fingerprint density at radius 1 is 1.33 bits per heavy atom. The standard InChI is InChI=1S/C16H34N4O/c1-6-17-16(18-11-14(4)20(7-2)8-3)19(5)12-15-9-10-21-13-15/h14-15H,6-13H2,1-5H3,(H,17,18). The third-order valence-electron chi connectivity index (χ3n) is 4.19. The van der Waals surface area contributed by atoms with E-state index in [1.165, 1.54) is 6.42 Å². The Morgan fingerprint density at radius 3 is 2.57 bits per heavy atom. The van der Waals surface area contributed by atoms with Crippen molar-refractivity contribution < 1.29 is 4.74 Å². The minimum atomic E-state index is 0.483. The summed E-state index contributed by atoms with van der Waals surface area (Å²) in [5, 5.41) is 3.40. The molecule has 21 heavy (non-hydrogen) atoms. The number of guanidine groups is 1. The Hall–Kier alpha value is -0.810. The number of likely N-dealkylation sites (N-methyl/N-ethyl adjacent to an activating group) is 1. The van der Waals surface area contributed by atoms with Crippen molar-refractivity contribution in [3.63, 3.8) is 0 Å². The second kappa shape index (κ2) is 10.0. The minimum Gasteiger partial charge on any atom is -0.381 e. The van der Waals surface area contributed by atoms with Crippen molar-refractivity contribution in [1.29, 1.82) is 0 Å². The van der Waals surface area contributed by atoms with E-state index in [4.69, 9.17) is 9.73 Å². The van der Waals surface area contributed by atoms with Crippen LogP contribution in [-0.4, -0.2) is 74.8 Å². The average molecular weight is 298 g/mol. The van der Waals surface area contributed by atoms with Gasteiger partial charge in [-0.3, -0.25) is 9.89 Å². The summed E-state index contributed by atoms with van der Waals surface area (Å²) in [6.45, 7) is 15.5. The Bertz CT molecular complexity index is 299. The molecule has 124 valence electrons. The number of aliphatic imine (C=N–C) groups is 1. The van der Waals surface area contributed by atoms with Crippen LogP contribution in [0.4, 0.5) is 0 Å². The largest absolute Gasteiger partial charge is 0.381 e. The molecule has 5 nitrogen and oxygen atoms in total. The molecule has 0 aromatic carbocycles. The maximum Gasteiger partial charge on any atom is 0.193 e. The molecular weight excluding hydrogens is 264 g/mol. The molecular formula is C16H34N4O. The summed E-state index contributed by atoms with van der Waals surface area (Å²) in [4.78, 5) is 9.51. The van der Waals surface area contributed by atoms with Gasteiger partial charge in [0.05, 0.1) is 13.2 Å². The van der Waals surface area contributed by atoms with Crippen molar-refractivity contribution in [2.75, 3.05) is 53.0 Å². The van der Waals surface area contributed by atoms with Crippen LogP contribution >= 0.6 is 0 Å². The van der Waals surface area contributed by atoms with Crippen molar-refractivity contribution in [2.45, 2.75) is 40.2 Å². The first-order chi connectivity index (χ1) is 10.1. The molecule has 0 radical (unpaired) electrons. The van der Waals surface area contributed by atoms with Crippen molar-refractivity contribution in [1.82, 2.24) is 15.1 Å². The molecule has 2 unspecified atom stereocenters. The zero-order chi connectivity index (χ0) is 15.7. The molecule has 1 aliphatic heterocycles. The fraction of sp³-hybridized carbons (Fsp3) is 0.938.